The lowest BCUT2D eigenvalue weighted by Gasteiger charge is -2.14. The molecule has 1 aromatic rings. The Bertz CT molecular complexity index is 333. The highest BCUT2D eigenvalue weighted by Gasteiger charge is 2.32. The maximum Gasteiger partial charge on any atom is 0.383 e. The number of benzene rings is 1. The first-order chi connectivity index (χ1) is 6.34. The number of halogens is 3. The van der Waals surface area contributed by atoms with Crippen LogP contribution in [-0.4, -0.2) is 5.11 Å². The molecule has 0 saturated heterocycles. The van der Waals surface area contributed by atoms with Crippen molar-refractivity contribution in [3.05, 3.63) is 35.1 Å². The molecule has 1 atom stereocenters. The molecule has 2 nitrogen and oxygen atoms in total. The van der Waals surface area contributed by atoms with Gasteiger partial charge in [0, 0.05) is 11.6 Å². The van der Waals surface area contributed by atoms with Gasteiger partial charge in [0.05, 0.1) is 5.56 Å². The van der Waals surface area contributed by atoms with Gasteiger partial charge >= 0.3 is 6.11 Å². The van der Waals surface area contributed by atoms with E-state index < -0.39 is 23.5 Å². The Morgan fingerprint density at radius 2 is 2.00 bits per heavy atom. The van der Waals surface area contributed by atoms with E-state index in [0.29, 0.717) is 0 Å². The quantitative estimate of drug-likeness (QED) is 0.774. The molecule has 0 aliphatic heterocycles. The lowest BCUT2D eigenvalue weighted by molar-refractivity contribution is -0.210. The van der Waals surface area contributed by atoms with E-state index in [1.807, 2.05) is 0 Å². The van der Waals surface area contributed by atoms with Crippen LogP contribution in [0.1, 0.15) is 24.1 Å². The van der Waals surface area contributed by atoms with E-state index >= 15 is 0 Å². The maximum absolute atomic E-state index is 13.3. The molecule has 1 aromatic carbocycles. The van der Waals surface area contributed by atoms with E-state index in [0.717, 1.165) is 6.07 Å². The van der Waals surface area contributed by atoms with Crippen LogP contribution >= 0.6 is 0 Å². The summed E-state index contributed by atoms with van der Waals surface area (Å²) in [6.07, 6.45) is -4.17. The van der Waals surface area contributed by atoms with Gasteiger partial charge in [0.15, 0.2) is 0 Å². The second-order valence-corrected chi connectivity index (χ2v) is 3.04. The van der Waals surface area contributed by atoms with Gasteiger partial charge in [-0.2, -0.15) is 8.78 Å². The molecule has 14 heavy (non-hydrogen) atoms. The minimum Gasteiger partial charge on any atom is -0.332 e. The summed E-state index contributed by atoms with van der Waals surface area (Å²) in [5.41, 5.74) is 4.27. The second-order valence-electron chi connectivity index (χ2n) is 3.04. The number of rotatable bonds is 2. The Hall–Kier alpha value is -1.07. The molecule has 0 amide bonds. The summed E-state index contributed by atoms with van der Waals surface area (Å²) in [5, 5.41) is 8.36. The summed E-state index contributed by atoms with van der Waals surface area (Å²) >= 11 is 0. The van der Waals surface area contributed by atoms with Crippen LogP contribution in [0, 0.1) is 5.82 Å². The summed E-state index contributed by atoms with van der Waals surface area (Å²) in [6.45, 7) is 1.47. The molecule has 0 aliphatic rings. The molecule has 0 spiro atoms. The minimum absolute atomic E-state index is 0.0452. The molecule has 0 aliphatic carbocycles. The van der Waals surface area contributed by atoms with Crippen LogP contribution in [0.15, 0.2) is 18.2 Å². The fourth-order valence-electron chi connectivity index (χ4n) is 1.13. The third-order valence-electron chi connectivity index (χ3n) is 1.84. The van der Waals surface area contributed by atoms with Gasteiger partial charge < -0.3 is 10.8 Å². The van der Waals surface area contributed by atoms with Crippen LogP contribution in [0.4, 0.5) is 13.2 Å². The van der Waals surface area contributed by atoms with Crippen molar-refractivity contribution >= 4 is 0 Å². The number of nitrogens with two attached hydrogens (primary N) is 1. The molecule has 0 unspecified atom stereocenters. The monoisotopic (exact) mass is 205 g/mol. The van der Waals surface area contributed by atoms with Gasteiger partial charge in [-0.1, -0.05) is 12.1 Å². The Morgan fingerprint density at radius 1 is 1.43 bits per heavy atom. The predicted octanol–water partition coefficient (Wildman–Crippen LogP) is 1.89. The average Bonchev–Trinajstić information content (AvgIpc) is 2.01. The van der Waals surface area contributed by atoms with Gasteiger partial charge in [-0.25, -0.2) is 4.39 Å². The van der Waals surface area contributed by atoms with Crippen LogP contribution in [-0.2, 0) is 6.11 Å². The highest BCUT2D eigenvalue weighted by molar-refractivity contribution is 5.29. The lowest BCUT2D eigenvalue weighted by atomic mass is 10.0. The fourth-order valence-corrected chi connectivity index (χ4v) is 1.13. The summed E-state index contributed by atoms with van der Waals surface area (Å²) in [6, 6.07) is 2.65. The zero-order chi connectivity index (χ0) is 10.9. The van der Waals surface area contributed by atoms with E-state index in [4.69, 9.17) is 10.8 Å². The molecule has 1 rings (SSSR count). The zero-order valence-electron chi connectivity index (χ0n) is 7.47. The molecular formula is C9H10F3NO. The Balaban J connectivity index is 3.28. The third-order valence-corrected chi connectivity index (χ3v) is 1.84. The Labute approximate surface area is 79.2 Å². The van der Waals surface area contributed by atoms with Crippen molar-refractivity contribution in [2.45, 2.75) is 19.1 Å². The van der Waals surface area contributed by atoms with Gasteiger partial charge in [0.1, 0.15) is 5.82 Å². The average molecular weight is 205 g/mol. The molecular weight excluding hydrogens is 195 g/mol. The number of alkyl halides is 2. The van der Waals surface area contributed by atoms with Crippen molar-refractivity contribution < 1.29 is 18.3 Å². The summed E-state index contributed by atoms with van der Waals surface area (Å²) < 4.78 is 38.2. The molecule has 3 N–H and O–H groups in total. The van der Waals surface area contributed by atoms with Gasteiger partial charge in [-0.05, 0) is 13.0 Å². The van der Waals surface area contributed by atoms with Crippen molar-refractivity contribution in [1.82, 2.24) is 0 Å². The highest BCUT2D eigenvalue weighted by atomic mass is 19.3. The van der Waals surface area contributed by atoms with Gasteiger partial charge in [-0.3, -0.25) is 0 Å². The van der Waals surface area contributed by atoms with E-state index in [1.54, 1.807) is 0 Å². The van der Waals surface area contributed by atoms with Crippen molar-refractivity contribution in [3.8, 4) is 0 Å². The van der Waals surface area contributed by atoms with E-state index in [1.165, 1.54) is 19.1 Å². The standard InChI is InChI=1S/C9H10F3NO/c1-5(13)6-3-2-4-7(8(6)10)9(11,12)14/h2-5,14H,13H2,1H3/t5-/m1/s1. The smallest absolute Gasteiger partial charge is 0.332 e. The van der Waals surface area contributed by atoms with E-state index in [-0.39, 0.29) is 5.56 Å². The molecule has 5 heteroatoms. The normalized spacial score (nSPS) is 14.1. The third kappa shape index (κ3) is 2.05. The maximum atomic E-state index is 13.3. The van der Waals surface area contributed by atoms with Crippen molar-refractivity contribution in [3.63, 3.8) is 0 Å². The first-order valence-corrected chi connectivity index (χ1v) is 3.98. The number of aliphatic hydroxyl groups is 1. The van der Waals surface area contributed by atoms with Crippen LogP contribution in [0.3, 0.4) is 0 Å². The van der Waals surface area contributed by atoms with Gasteiger partial charge in [0.25, 0.3) is 0 Å². The fraction of sp³-hybridized carbons (Fsp3) is 0.333. The SMILES string of the molecule is C[C@@H](N)c1cccc(C(O)(F)F)c1F. The largest absolute Gasteiger partial charge is 0.383 e. The van der Waals surface area contributed by atoms with E-state index in [2.05, 4.69) is 0 Å². The number of hydrogen-bond acceptors (Lipinski definition) is 2. The van der Waals surface area contributed by atoms with Crippen molar-refractivity contribution in [2.75, 3.05) is 0 Å². The van der Waals surface area contributed by atoms with Gasteiger partial charge in [0.2, 0.25) is 0 Å². The molecule has 0 radical (unpaired) electrons. The molecule has 78 valence electrons. The van der Waals surface area contributed by atoms with Crippen LogP contribution in [0.2, 0.25) is 0 Å². The van der Waals surface area contributed by atoms with Crippen LogP contribution in [0.25, 0.3) is 0 Å². The highest BCUT2D eigenvalue weighted by Crippen LogP contribution is 2.29. The van der Waals surface area contributed by atoms with Crippen molar-refractivity contribution in [1.29, 1.82) is 0 Å². The van der Waals surface area contributed by atoms with Crippen molar-refractivity contribution in [2.24, 2.45) is 5.73 Å². The summed E-state index contributed by atoms with van der Waals surface area (Å²) in [7, 11) is 0. The predicted molar refractivity (Wildman–Crippen MR) is 45.1 cm³/mol. The topological polar surface area (TPSA) is 46.2 Å². The first kappa shape index (κ1) is 11.0. The lowest BCUT2D eigenvalue weighted by Crippen LogP contribution is -2.17. The first-order valence-electron chi connectivity index (χ1n) is 3.98. The molecule has 0 saturated carbocycles. The molecule has 0 aromatic heterocycles. The summed E-state index contributed by atoms with van der Waals surface area (Å²) in [5.74, 6) is -1.16. The second kappa shape index (κ2) is 3.59. The van der Waals surface area contributed by atoms with Gasteiger partial charge in [-0.15, -0.1) is 0 Å². The van der Waals surface area contributed by atoms with Crippen LogP contribution in [0.5, 0.6) is 0 Å². The zero-order valence-corrected chi connectivity index (χ0v) is 7.47. The molecule has 0 heterocycles. The molecule has 0 fully saturated rings. The Kier molecular flexibility index (Phi) is 2.82. The number of hydrogen-bond donors (Lipinski definition) is 2. The van der Waals surface area contributed by atoms with E-state index in [9.17, 15) is 13.2 Å². The Morgan fingerprint density at radius 3 is 2.43 bits per heavy atom. The van der Waals surface area contributed by atoms with Crippen LogP contribution < -0.4 is 5.73 Å². The molecule has 0 bridgehead atoms. The minimum atomic E-state index is -4.17. The summed E-state index contributed by atoms with van der Waals surface area (Å²) in [4.78, 5) is 0.